The third-order valence-electron chi connectivity index (χ3n) is 6.15. The first-order valence-corrected chi connectivity index (χ1v) is 11.2. The quantitative estimate of drug-likeness (QED) is 0.691. The third kappa shape index (κ3) is 5.66. The van der Waals surface area contributed by atoms with E-state index >= 15 is 0 Å². The van der Waals surface area contributed by atoms with Crippen LogP contribution in [0.1, 0.15) is 15.9 Å². The molecule has 2 amide bonds. The topological polar surface area (TPSA) is 62.3 Å². The van der Waals surface area contributed by atoms with Crippen LogP contribution in [0, 0.1) is 0 Å². The van der Waals surface area contributed by atoms with Crippen LogP contribution in [0.4, 0.5) is 0 Å². The standard InChI is InChI=1S/C25H31N3O4/c1-31-22-9-7-21(8-10-22)25(30)28-15-16-32-23(19-28)18-26-11-13-27(14-12-26)24(29)17-20-5-3-2-4-6-20/h2-10,23H,11-19H2,1H3. The van der Waals surface area contributed by atoms with Crippen LogP contribution in [-0.4, -0.2) is 92.1 Å². The van der Waals surface area contributed by atoms with E-state index in [4.69, 9.17) is 9.47 Å². The van der Waals surface area contributed by atoms with Crippen LogP contribution in [0.5, 0.6) is 5.75 Å². The van der Waals surface area contributed by atoms with Crippen LogP contribution in [0.15, 0.2) is 54.6 Å². The second-order valence-corrected chi connectivity index (χ2v) is 8.32. The Morgan fingerprint density at radius 1 is 0.938 bits per heavy atom. The van der Waals surface area contributed by atoms with Crippen molar-refractivity contribution in [1.82, 2.24) is 14.7 Å². The Morgan fingerprint density at radius 3 is 2.34 bits per heavy atom. The molecule has 2 aliphatic heterocycles. The van der Waals surface area contributed by atoms with E-state index in [1.54, 1.807) is 19.2 Å². The molecule has 0 spiro atoms. The van der Waals surface area contributed by atoms with E-state index in [2.05, 4.69) is 4.90 Å². The molecule has 0 N–H and O–H groups in total. The van der Waals surface area contributed by atoms with Gasteiger partial charge in [0.2, 0.25) is 5.91 Å². The molecule has 32 heavy (non-hydrogen) atoms. The van der Waals surface area contributed by atoms with E-state index in [0.29, 0.717) is 31.7 Å². The maximum atomic E-state index is 12.9. The summed E-state index contributed by atoms with van der Waals surface area (Å²) < 4.78 is 11.1. The van der Waals surface area contributed by atoms with Crippen LogP contribution < -0.4 is 4.74 Å². The summed E-state index contributed by atoms with van der Waals surface area (Å²) in [6.45, 7) is 5.61. The number of rotatable bonds is 6. The fourth-order valence-corrected chi connectivity index (χ4v) is 4.28. The Balaban J connectivity index is 1.24. The second kappa shape index (κ2) is 10.6. The smallest absolute Gasteiger partial charge is 0.254 e. The zero-order valence-corrected chi connectivity index (χ0v) is 18.6. The van der Waals surface area contributed by atoms with Gasteiger partial charge in [-0.2, -0.15) is 0 Å². The van der Waals surface area contributed by atoms with Crippen molar-refractivity contribution in [2.24, 2.45) is 0 Å². The van der Waals surface area contributed by atoms with Gasteiger partial charge in [-0.1, -0.05) is 30.3 Å². The van der Waals surface area contributed by atoms with Gasteiger partial charge in [-0.05, 0) is 29.8 Å². The first-order chi connectivity index (χ1) is 15.6. The first kappa shape index (κ1) is 22.3. The van der Waals surface area contributed by atoms with Crippen LogP contribution in [0.25, 0.3) is 0 Å². The number of ether oxygens (including phenoxy) is 2. The lowest BCUT2D eigenvalue weighted by atomic mass is 10.1. The Hall–Kier alpha value is -2.90. The van der Waals surface area contributed by atoms with E-state index in [-0.39, 0.29) is 17.9 Å². The van der Waals surface area contributed by atoms with Gasteiger partial charge in [0.25, 0.3) is 5.91 Å². The van der Waals surface area contributed by atoms with Crippen molar-refractivity contribution < 1.29 is 19.1 Å². The van der Waals surface area contributed by atoms with Gasteiger partial charge < -0.3 is 19.3 Å². The van der Waals surface area contributed by atoms with Gasteiger partial charge in [-0.3, -0.25) is 14.5 Å². The van der Waals surface area contributed by atoms with E-state index in [9.17, 15) is 9.59 Å². The molecule has 7 nitrogen and oxygen atoms in total. The van der Waals surface area contributed by atoms with Crippen molar-refractivity contribution >= 4 is 11.8 Å². The van der Waals surface area contributed by atoms with Gasteiger partial charge in [0, 0.05) is 51.4 Å². The molecule has 4 rings (SSSR count). The number of benzene rings is 2. The van der Waals surface area contributed by atoms with Crippen LogP contribution in [0.3, 0.4) is 0 Å². The molecule has 0 aromatic heterocycles. The van der Waals surface area contributed by atoms with E-state index < -0.39 is 0 Å². The highest BCUT2D eigenvalue weighted by Crippen LogP contribution is 2.16. The summed E-state index contributed by atoms with van der Waals surface area (Å²) in [5.74, 6) is 0.945. The fraction of sp³-hybridized carbons (Fsp3) is 0.440. The molecule has 0 radical (unpaired) electrons. The molecule has 2 fully saturated rings. The third-order valence-corrected chi connectivity index (χ3v) is 6.15. The molecular formula is C25H31N3O4. The summed E-state index contributed by atoms with van der Waals surface area (Å²) in [5, 5.41) is 0. The zero-order chi connectivity index (χ0) is 22.3. The minimum absolute atomic E-state index is 0.0162. The maximum Gasteiger partial charge on any atom is 0.254 e. The molecule has 1 unspecified atom stereocenters. The molecule has 1 atom stereocenters. The lowest BCUT2D eigenvalue weighted by molar-refractivity contribution is -0.132. The number of methoxy groups -OCH3 is 1. The summed E-state index contributed by atoms with van der Waals surface area (Å²) in [7, 11) is 1.61. The molecule has 2 aliphatic rings. The predicted molar refractivity (Wildman–Crippen MR) is 122 cm³/mol. The number of hydrogen-bond acceptors (Lipinski definition) is 5. The molecule has 2 aromatic rings. The predicted octanol–water partition coefficient (Wildman–Crippen LogP) is 1.92. The van der Waals surface area contributed by atoms with E-state index in [0.717, 1.165) is 44.0 Å². The summed E-state index contributed by atoms with van der Waals surface area (Å²) >= 11 is 0. The highest BCUT2D eigenvalue weighted by molar-refractivity contribution is 5.94. The number of carbonyl (C=O) groups excluding carboxylic acids is 2. The van der Waals surface area contributed by atoms with Crippen molar-refractivity contribution in [3.05, 3.63) is 65.7 Å². The van der Waals surface area contributed by atoms with Crippen molar-refractivity contribution in [2.75, 3.05) is 59.5 Å². The lowest BCUT2D eigenvalue weighted by Crippen LogP contribution is -2.54. The van der Waals surface area contributed by atoms with Crippen LogP contribution in [-0.2, 0) is 16.0 Å². The van der Waals surface area contributed by atoms with E-state index in [1.165, 1.54) is 0 Å². The Labute approximate surface area is 189 Å². The number of piperazine rings is 1. The summed E-state index contributed by atoms with van der Waals surface area (Å²) in [4.78, 5) is 31.6. The fourth-order valence-electron chi connectivity index (χ4n) is 4.28. The van der Waals surface area contributed by atoms with Gasteiger partial charge in [0.05, 0.1) is 26.2 Å². The van der Waals surface area contributed by atoms with Crippen molar-refractivity contribution in [3.63, 3.8) is 0 Å². The molecule has 2 saturated heterocycles. The van der Waals surface area contributed by atoms with Crippen molar-refractivity contribution in [1.29, 1.82) is 0 Å². The number of nitrogens with zero attached hydrogens (tertiary/aromatic N) is 3. The minimum Gasteiger partial charge on any atom is -0.497 e. The minimum atomic E-state index is -0.0162. The summed E-state index contributed by atoms with van der Waals surface area (Å²) in [5.41, 5.74) is 1.72. The van der Waals surface area contributed by atoms with Crippen LogP contribution >= 0.6 is 0 Å². The molecule has 7 heteroatoms. The molecule has 2 aromatic carbocycles. The largest absolute Gasteiger partial charge is 0.497 e. The Morgan fingerprint density at radius 2 is 1.66 bits per heavy atom. The normalized spacial score (nSPS) is 19.6. The van der Waals surface area contributed by atoms with Gasteiger partial charge in [0.1, 0.15) is 5.75 Å². The lowest BCUT2D eigenvalue weighted by Gasteiger charge is -2.39. The number of hydrogen-bond donors (Lipinski definition) is 0. The molecule has 0 saturated carbocycles. The van der Waals surface area contributed by atoms with Gasteiger partial charge in [-0.25, -0.2) is 0 Å². The number of carbonyl (C=O) groups is 2. The Bertz CT molecular complexity index is 895. The van der Waals surface area contributed by atoms with Gasteiger partial charge >= 0.3 is 0 Å². The van der Waals surface area contributed by atoms with Crippen molar-refractivity contribution in [3.8, 4) is 5.75 Å². The molecular weight excluding hydrogens is 406 g/mol. The van der Waals surface area contributed by atoms with Crippen LogP contribution in [0.2, 0.25) is 0 Å². The average Bonchev–Trinajstić information content (AvgIpc) is 2.85. The average molecular weight is 438 g/mol. The molecule has 0 aliphatic carbocycles. The first-order valence-electron chi connectivity index (χ1n) is 11.2. The monoisotopic (exact) mass is 437 g/mol. The number of morpholine rings is 1. The van der Waals surface area contributed by atoms with Crippen molar-refractivity contribution in [2.45, 2.75) is 12.5 Å². The maximum absolute atomic E-state index is 12.9. The highest BCUT2D eigenvalue weighted by Gasteiger charge is 2.28. The second-order valence-electron chi connectivity index (χ2n) is 8.32. The molecule has 0 bridgehead atoms. The summed E-state index contributed by atoms with van der Waals surface area (Å²) in [6, 6.07) is 17.1. The molecule has 2 heterocycles. The molecule has 170 valence electrons. The highest BCUT2D eigenvalue weighted by atomic mass is 16.5. The Kier molecular flexibility index (Phi) is 7.39. The van der Waals surface area contributed by atoms with Gasteiger partial charge in [-0.15, -0.1) is 0 Å². The van der Waals surface area contributed by atoms with Gasteiger partial charge in [0.15, 0.2) is 0 Å². The SMILES string of the molecule is COc1ccc(C(=O)N2CCOC(CN3CCN(C(=O)Cc4ccccc4)CC3)C2)cc1. The number of amides is 2. The zero-order valence-electron chi connectivity index (χ0n) is 18.6. The van der Waals surface area contributed by atoms with E-state index in [1.807, 2.05) is 52.3 Å². The summed E-state index contributed by atoms with van der Waals surface area (Å²) in [6.07, 6.45) is 0.437.